The summed E-state index contributed by atoms with van der Waals surface area (Å²) >= 11 is 0. The predicted octanol–water partition coefficient (Wildman–Crippen LogP) is -1.05. The molecule has 0 radical (unpaired) electrons. The zero-order chi connectivity index (χ0) is 16.2. The zero-order valence-corrected chi connectivity index (χ0v) is 13.1. The van der Waals surface area contributed by atoms with Gasteiger partial charge in [-0.1, -0.05) is 0 Å². The highest BCUT2D eigenvalue weighted by Crippen LogP contribution is 2.28. The van der Waals surface area contributed by atoms with Gasteiger partial charge in [0, 0.05) is 13.7 Å². The number of aliphatic hydroxyl groups is 2. The number of furan rings is 1. The van der Waals surface area contributed by atoms with E-state index in [2.05, 4.69) is 10.6 Å². The number of nitrogens with one attached hydrogen (secondary N) is 2. The molecule has 2 bridgehead atoms. The first-order valence-corrected chi connectivity index (χ1v) is 7.82. The number of fused-ring (bicyclic) bond motifs is 2. The van der Waals surface area contributed by atoms with Gasteiger partial charge in [-0.25, -0.2) is 0 Å². The SMILES string of the molecule is COCCN[C@@H]1[C@@H]2OC[C@H](O2)[C@@H](NCc2ccc(CO)o2)[C@@H]1O. The quantitative estimate of drug-likeness (QED) is 0.448. The summed E-state index contributed by atoms with van der Waals surface area (Å²) in [6.45, 7) is 1.92. The molecule has 0 amide bonds. The fourth-order valence-corrected chi connectivity index (χ4v) is 3.04. The molecule has 2 fully saturated rings. The van der Waals surface area contributed by atoms with Crippen LogP contribution in [0, 0.1) is 0 Å². The third kappa shape index (κ3) is 3.74. The van der Waals surface area contributed by atoms with Crippen LogP contribution in [0.1, 0.15) is 11.5 Å². The molecular weight excluding hydrogens is 304 g/mol. The number of rotatable bonds is 8. The van der Waals surface area contributed by atoms with Crippen molar-refractivity contribution in [3.05, 3.63) is 23.7 Å². The van der Waals surface area contributed by atoms with Gasteiger partial charge in [-0.3, -0.25) is 0 Å². The van der Waals surface area contributed by atoms with Crippen LogP contribution < -0.4 is 10.6 Å². The second-order valence-electron chi connectivity index (χ2n) is 5.77. The van der Waals surface area contributed by atoms with E-state index in [9.17, 15) is 5.11 Å². The summed E-state index contributed by atoms with van der Waals surface area (Å²) in [7, 11) is 1.63. The molecule has 0 aliphatic carbocycles. The van der Waals surface area contributed by atoms with E-state index in [-0.39, 0.29) is 24.8 Å². The van der Waals surface area contributed by atoms with E-state index in [0.29, 0.717) is 37.8 Å². The molecular formula is C15H24N2O6. The fourth-order valence-electron chi connectivity index (χ4n) is 3.04. The molecule has 0 aromatic carbocycles. The van der Waals surface area contributed by atoms with Crippen molar-refractivity contribution in [3.63, 3.8) is 0 Å². The van der Waals surface area contributed by atoms with E-state index in [0.717, 1.165) is 0 Å². The Bertz CT molecular complexity index is 496. The van der Waals surface area contributed by atoms with Crippen LogP contribution in [0.2, 0.25) is 0 Å². The highest BCUT2D eigenvalue weighted by atomic mass is 16.7. The van der Waals surface area contributed by atoms with Crippen molar-refractivity contribution < 1.29 is 28.8 Å². The summed E-state index contributed by atoms with van der Waals surface area (Å²) in [6, 6.07) is 2.95. The summed E-state index contributed by atoms with van der Waals surface area (Å²) in [4.78, 5) is 0. The molecule has 3 heterocycles. The van der Waals surface area contributed by atoms with Gasteiger partial charge in [-0.15, -0.1) is 0 Å². The highest BCUT2D eigenvalue weighted by Gasteiger charge is 2.49. The lowest BCUT2D eigenvalue weighted by atomic mass is 9.96. The van der Waals surface area contributed by atoms with Crippen LogP contribution >= 0.6 is 0 Å². The second kappa shape index (κ2) is 7.71. The fraction of sp³-hybridized carbons (Fsp3) is 0.733. The molecule has 23 heavy (non-hydrogen) atoms. The van der Waals surface area contributed by atoms with E-state index < -0.39 is 12.4 Å². The molecule has 2 saturated heterocycles. The van der Waals surface area contributed by atoms with Gasteiger partial charge < -0.3 is 39.5 Å². The van der Waals surface area contributed by atoms with Crippen molar-refractivity contribution in [1.29, 1.82) is 0 Å². The van der Waals surface area contributed by atoms with Crippen LogP contribution in [0.5, 0.6) is 0 Å². The molecule has 3 rings (SSSR count). The van der Waals surface area contributed by atoms with Gasteiger partial charge in [0.05, 0.1) is 37.9 Å². The molecule has 1 aromatic heterocycles. The van der Waals surface area contributed by atoms with Crippen LogP contribution in [0.25, 0.3) is 0 Å². The number of aliphatic hydroxyl groups excluding tert-OH is 2. The molecule has 5 atom stereocenters. The zero-order valence-electron chi connectivity index (χ0n) is 13.1. The van der Waals surface area contributed by atoms with Gasteiger partial charge in [-0.2, -0.15) is 0 Å². The molecule has 0 saturated carbocycles. The van der Waals surface area contributed by atoms with Crippen molar-refractivity contribution in [3.8, 4) is 0 Å². The lowest BCUT2D eigenvalue weighted by molar-refractivity contribution is -0.153. The maximum atomic E-state index is 10.6. The van der Waals surface area contributed by atoms with Gasteiger partial charge in [0.25, 0.3) is 0 Å². The normalized spacial score (nSPS) is 33.3. The molecule has 0 spiro atoms. The first-order valence-electron chi connectivity index (χ1n) is 7.82. The largest absolute Gasteiger partial charge is 0.462 e. The predicted molar refractivity (Wildman–Crippen MR) is 79.5 cm³/mol. The molecule has 2 aliphatic rings. The number of methoxy groups -OCH3 is 1. The third-order valence-corrected chi connectivity index (χ3v) is 4.23. The van der Waals surface area contributed by atoms with Crippen LogP contribution in [-0.2, 0) is 27.4 Å². The average molecular weight is 328 g/mol. The van der Waals surface area contributed by atoms with Crippen molar-refractivity contribution >= 4 is 0 Å². The molecule has 130 valence electrons. The van der Waals surface area contributed by atoms with Crippen molar-refractivity contribution in [2.24, 2.45) is 0 Å². The monoisotopic (exact) mass is 328 g/mol. The Morgan fingerprint density at radius 1 is 1.26 bits per heavy atom. The Balaban J connectivity index is 1.58. The smallest absolute Gasteiger partial charge is 0.176 e. The van der Waals surface area contributed by atoms with Gasteiger partial charge in [-0.05, 0) is 12.1 Å². The number of ether oxygens (including phenoxy) is 3. The highest BCUT2D eigenvalue weighted by molar-refractivity contribution is 5.07. The van der Waals surface area contributed by atoms with Gasteiger partial charge in [0.1, 0.15) is 24.2 Å². The standard InChI is InChI=1S/C15H24N2O6/c1-20-5-4-16-13-14(19)12(11-8-21-15(13)23-11)17-6-9-2-3-10(7-18)22-9/h2-3,11-19H,4-8H2,1H3/t11-,12+,13-,14-,15+/m0/s1. The molecule has 0 unspecified atom stereocenters. The van der Waals surface area contributed by atoms with Crippen LogP contribution in [0.4, 0.5) is 0 Å². The Labute approximate surface area is 134 Å². The molecule has 4 N–H and O–H groups in total. The summed E-state index contributed by atoms with van der Waals surface area (Å²) in [5.41, 5.74) is 0. The summed E-state index contributed by atoms with van der Waals surface area (Å²) in [6.07, 6.45) is -1.28. The first-order chi connectivity index (χ1) is 11.2. The Hall–Kier alpha value is -1.00. The van der Waals surface area contributed by atoms with Crippen molar-refractivity contribution in [1.82, 2.24) is 10.6 Å². The van der Waals surface area contributed by atoms with Crippen LogP contribution in [0.3, 0.4) is 0 Å². The molecule has 8 nitrogen and oxygen atoms in total. The molecule has 8 heteroatoms. The summed E-state index contributed by atoms with van der Waals surface area (Å²) in [5, 5.41) is 26.2. The number of hydrogen-bond acceptors (Lipinski definition) is 8. The van der Waals surface area contributed by atoms with Crippen molar-refractivity contribution in [2.75, 3.05) is 26.9 Å². The minimum Gasteiger partial charge on any atom is -0.462 e. The van der Waals surface area contributed by atoms with Crippen LogP contribution in [0.15, 0.2) is 16.5 Å². The first kappa shape index (κ1) is 16.8. The van der Waals surface area contributed by atoms with Crippen molar-refractivity contribution in [2.45, 2.75) is 43.7 Å². The molecule has 1 aromatic rings. The topological polar surface area (TPSA) is 105 Å². The summed E-state index contributed by atoms with van der Waals surface area (Å²) in [5.74, 6) is 1.22. The van der Waals surface area contributed by atoms with Crippen LogP contribution in [-0.4, -0.2) is 67.7 Å². The van der Waals surface area contributed by atoms with E-state index in [1.54, 1.807) is 19.2 Å². The van der Waals surface area contributed by atoms with E-state index in [1.807, 2.05) is 0 Å². The minimum atomic E-state index is -0.648. The second-order valence-corrected chi connectivity index (χ2v) is 5.77. The molecule has 2 aliphatic heterocycles. The lowest BCUT2D eigenvalue weighted by Crippen LogP contribution is -2.63. The van der Waals surface area contributed by atoms with E-state index in [1.165, 1.54) is 0 Å². The van der Waals surface area contributed by atoms with E-state index in [4.69, 9.17) is 23.7 Å². The van der Waals surface area contributed by atoms with Gasteiger partial charge in [0.2, 0.25) is 0 Å². The lowest BCUT2D eigenvalue weighted by Gasteiger charge is -2.39. The van der Waals surface area contributed by atoms with Gasteiger partial charge >= 0.3 is 0 Å². The maximum Gasteiger partial charge on any atom is 0.176 e. The Kier molecular flexibility index (Phi) is 5.65. The average Bonchev–Trinajstić information content (AvgIpc) is 3.19. The third-order valence-electron chi connectivity index (χ3n) is 4.23. The van der Waals surface area contributed by atoms with E-state index >= 15 is 0 Å². The van der Waals surface area contributed by atoms with Gasteiger partial charge in [0.15, 0.2) is 6.29 Å². The maximum absolute atomic E-state index is 10.6. The Morgan fingerprint density at radius 2 is 2.09 bits per heavy atom. The summed E-state index contributed by atoms with van der Waals surface area (Å²) < 4.78 is 21.9. The number of hydrogen-bond donors (Lipinski definition) is 4. The Morgan fingerprint density at radius 3 is 2.83 bits per heavy atom. The minimum absolute atomic E-state index is 0.126.